The van der Waals surface area contributed by atoms with Crippen LogP contribution in [0, 0.1) is 5.92 Å². The highest BCUT2D eigenvalue weighted by atomic mass is 35.5. The van der Waals surface area contributed by atoms with E-state index >= 15 is 0 Å². The summed E-state index contributed by atoms with van der Waals surface area (Å²) in [7, 11) is 2.09. The second kappa shape index (κ2) is 9.40. The van der Waals surface area contributed by atoms with Gasteiger partial charge in [0, 0.05) is 35.6 Å². The first-order valence-corrected chi connectivity index (χ1v) is 11.2. The number of allylic oxidation sites excluding steroid dienone is 3. The lowest BCUT2D eigenvalue weighted by atomic mass is 9.92. The van der Waals surface area contributed by atoms with Crippen molar-refractivity contribution in [3.8, 4) is 0 Å². The van der Waals surface area contributed by atoms with Crippen LogP contribution < -0.4 is 5.32 Å². The first-order valence-electron chi connectivity index (χ1n) is 10.4. The highest BCUT2D eigenvalue weighted by Crippen LogP contribution is 2.44. The number of ketones is 1. The molecule has 2 unspecified atom stereocenters. The van der Waals surface area contributed by atoms with Crippen molar-refractivity contribution >= 4 is 29.0 Å². The quantitative estimate of drug-likeness (QED) is 0.569. The summed E-state index contributed by atoms with van der Waals surface area (Å²) in [6, 6.07) is 5.55. The van der Waals surface area contributed by atoms with Crippen LogP contribution in [0.3, 0.4) is 0 Å². The average molecular weight is 433 g/mol. The van der Waals surface area contributed by atoms with E-state index < -0.39 is 0 Å². The minimum Gasteiger partial charge on any atom is -0.362 e. The zero-order valence-corrected chi connectivity index (χ0v) is 19.2. The van der Waals surface area contributed by atoms with E-state index in [1.54, 1.807) is 6.07 Å². The molecule has 1 aliphatic carbocycles. The Kier molecular flexibility index (Phi) is 7.13. The number of nitrogens with zero attached hydrogens (tertiary/aromatic N) is 1. The summed E-state index contributed by atoms with van der Waals surface area (Å²) in [6.45, 7) is 6.44. The van der Waals surface area contributed by atoms with Crippen LogP contribution in [0.2, 0.25) is 10.0 Å². The van der Waals surface area contributed by atoms with Gasteiger partial charge in [0.2, 0.25) is 0 Å². The van der Waals surface area contributed by atoms with Crippen LogP contribution in [-0.4, -0.2) is 17.7 Å². The van der Waals surface area contributed by atoms with Gasteiger partial charge in [0.05, 0.1) is 17.4 Å². The molecule has 0 fully saturated rings. The number of halogens is 2. The van der Waals surface area contributed by atoms with Crippen molar-refractivity contribution in [2.24, 2.45) is 5.92 Å². The van der Waals surface area contributed by atoms with E-state index in [0.717, 1.165) is 47.5 Å². The minimum absolute atomic E-state index is 0.114. The number of likely N-dealkylation sites (N-methyl/N-ethyl adjacent to an activating group) is 1. The predicted octanol–water partition coefficient (Wildman–Crippen LogP) is 6.80. The standard InChI is InChI=1S/C24H30Cl2N2O/c1-5-7-21-23(8-6-2)28(4)24(18-10-9-16(25)13-20(18)26)19-14-17(29)11-15(3)12-22(19)27-21/h7-10,13,15,24,27H,5-6,11-12,14H2,1-4H3/b21-7+,23-8+. The second-order valence-electron chi connectivity index (χ2n) is 8.06. The van der Waals surface area contributed by atoms with Gasteiger partial charge in [-0.1, -0.05) is 62.2 Å². The molecule has 0 radical (unpaired) electrons. The molecular weight excluding hydrogens is 403 g/mol. The van der Waals surface area contributed by atoms with Gasteiger partial charge in [-0.2, -0.15) is 0 Å². The molecular formula is C24H30Cl2N2O. The number of carbonyl (C=O) groups is 1. The number of hydrogen-bond donors (Lipinski definition) is 1. The van der Waals surface area contributed by atoms with E-state index in [2.05, 4.69) is 50.2 Å². The predicted molar refractivity (Wildman–Crippen MR) is 122 cm³/mol. The van der Waals surface area contributed by atoms with Crippen molar-refractivity contribution in [1.29, 1.82) is 0 Å². The SMILES string of the molecule is CC/C=C1/NC2=C(CC(=O)CC(C)C2)C(c2ccc(Cl)cc2Cl)N(C)/C1=C/CC. The maximum atomic E-state index is 12.7. The van der Waals surface area contributed by atoms with Crippen molar-refractivity contribution < 1.29 is 4.79 Å². The minimum atomic E-state index is -0.114. The monoisotopic (exact) mass is 432 g/mol. The molecule has 0 bridgehead atoms. The van der Waals surface area contributed by atoms with Crippen LogP contribution in [0.1, 0.15) is 64.5 Å². The third-order valence-corrected chi connectivity index (χ3v) is 6.19. The Bertz CT molecular complexity index is 885. The summed E-state index contributed by atoms with van der Waals surface area (Å²) in [5.41, 5.74) is 5.50. The number of benzene rings is 1. The van der Waals surface area contributed by atoms with Crippen molar-refractivity contribution in [2.75, 3.05) is 7.05 Å². The van der Waals surface area contributed by atoms with Crippen LogP contribution in [-0.2, 0) is 4.79 Å². The molecule has 1 aromatic carbocycles. The fourth-order valence-corrected chi connectivity index (χ4v) is 4.95. The van der Waals surface area contributed by atoms with E-state index in [0.29, 0.717) is 28.8 Å². The van der Waals surface area contributed by atoms with Gasteiger partial charge in [0.1, 0.15) is 5.78 Å². The van der Waals surface area contributed by atoms with Gasteiger partial charge in [-0.15, -0.1) is 0 Å². The van der Waals surface area contributed by atoms with E-state index in [9.17, 15) is 4.79 Å². The summed E-state index contributed by atoms with van der Waals surface area (Å²) < 4.78 is 0. The number of nitrogens with one attached hydrogen (secondary N) is 1. The molecule has 1 N–H and O–H groups in total. The smallest absolute Gasteiger partial charge is 0.137 e. The fourth-order valence-electron chi connectivity index (χ4n) is 4.44. The molecule has 2 atom stereocenters. The van der Waals surface area contributed by atoms with Crippen molar-refractivity contribution in [3.63, 3.8) is 0 Å². The molecule has 5 heteroatoms. The normalized spacial score (nSPS) is 25.7. The fraction of sp³-hybridized carbons (Fsp3) is 0.458. The Hall–Kier alpha value is -1.71. The Labute approximate surface area is 184 Å². The summed E-state index contributed by atoms with van der Waals surface area (Å²) >= 11 is 12.8. The molecule has 1 aromatic rings. The van der Waals surface area contributed by atoms with Gasteiger partial charge >= 0.3 is 0 Å². The molecule has 0 amide bonds. The second-order valence-corrected chi connectivity index (χ2v) is 8.90. The Morgan fingerprint density at radius 3 is 2.55 bits per heavy atom. The first-order chi connectivity index (χ1) is 13.8. The zero-order chi connectivity index (χ0) is 21.1. The van der Waals surface area contributed by atoms with Gasteiger partial charge < -0.3 is 10.2 Å². The van der Waals surface area contributed by atoms with E-state index in [4.69, 9.17) is 23.2 Å². The third-order valence-electron chi connectivity index (χ3n) is 5.63. The Morgan fingerprint density at radius 1 is 1.17 bits per heavy atom. The largest absolute Gasteiger partial charge is 0.362 e. The summed E-state index contributed by atoms with van der Waals surface area (Å²) in [5.74, 6) is 0.602. The van der Waals surface area contributed by atoms with E-state index in [1.807, 2.05) is 12.1 Å². The molecule has 0 spiro atoms. The molecule has 3 nitrogen and oxygen atoms in total. The lowest BCUT2D eigenvalue weighted by Gasteiger charge is -2.33. The van der Waals surface area contributed by atoms with Crippen LogP contribution in [0.15, 0.2) is 53.0 Å². The summed E-state index contributed by atoms with van der Waals surface area (Å²) in [4.78, 5) is 15.0. The number of rotatable bonds is 3. The Balaban J connectivity index is 2.25. The third kappa shape index (κ3) is 4.73. The molecule has 3 rings (SSSR count). The maximum absolute atomic E-state index is 12.7. The molecule has 0 saturated carbocycles. The lowest BCUT2D eigenvalue weighted by molar-refractivity contribution is -0.119. The summed E-state index contributed by atoms with van der Waals surface area (Å²) in [6.07, 6.45) is 8.24. The molecule has 0 aromatic heterocycles. The molecule has 0 saturated heterocycles. The van der Waals surface area contributed by atoms with Gasteiger partial charge in [0.15, 0.2) is 0 Å². The van der Waals surface area contributed by atoms with Crippen LogP contribution in [0.4, 0.5) is 0 Å². The van der Waals surface area contributed by atoms with E-state index in [1.165, 1.54) is 0 Å². The zero-order valence-electron chi connectivity index (χ0n) is 17.7. The van der Waals surface area contributed by atoms with Crippen LogP contribution in [0.5, 0.6) is 0 Å². The van der Waals surface area contributed by atoms with E-state index in [-0.39, 0.29) is 11.8 Å². The van der Waals surface area contributed by atoms with Crippen molar-refractivity contribution in [2.45, 2.75) is 58.9 Å². The lowest BCUT2D eigenvalue weighted by Crippen LogP contribution is -2.27. The molecule has 156 valence electrons. The van der Waals surface area contributed by atoms with Gasteiger partial charge in [0.25, 0.3) is 0 Å². The Morgan fingerprint density at radius 2 is 1.90 bits per heavy atom. The van der Waals surface area contributed by atoms with Crippen LogP contribution >= 0.6 is 23.2 Å². The number of Topliss-reactive ketones (excluding diaryl/α,β-unsaturated/α-hetero) is 1. The van der Waals surface area contributed by atoms with Crippen molar-refractivity contribution in [1.82, 2.24) is 10.2 Å². The van der Waals surface area contributed by atoms with Gasteiger partial charge in [-0.05, 0) is 48.4 Å². The molecule has 29 heavy (non-hydrogen) atoms. The van der Waals surface area contributed by atoms with Crippen molar-refractivity contribution in [3.05, 3.63) is 68.6 Å². The number of carbonyl (C=O) groups excluding carboxylic acids is 1. The maximum Gasteiger partial charge on any atom is 0.137 e. The summed E-state index contributed by atoms with van der Waals surface area (Å²) in [5, 5.41) is 4.96. The average Bonchev–Trinajstić information content (AvgIpc) is 2.83. The highest BCUT2D eigenvalue weighted by molar-refractivity contribution is 6.35. The first kappa shape index (κ1) is 22.0. The molecule has 2 aliphatic rings. The highest BCUT2D eigenvalue weighted by Gasteiger charge is 2.35. The van der Waals surface area contributed by atoms with Gasteiger partial charge in [-0.3, -0.25) is 4.79 Å². The molecule has 1 heterocycles. The number of hydrogen-bond acceptors (Lipinski definition) is 3. The topological polar surface area (TPSA) is 32.3 Å². The van der Waals surface area contributed by atoms with Crippen LogP contribution in [0.25, 0.3) is 0 Å². The molecule has 1 aliphatic heterocycles. The van der Waals surface area contributed by atoms with Gasteiger partial charge in [-0.25, -0.2) is 0 Å².